The Labute approximate surface area is 125 Å². The molecule has 6 nitrogen and oxygen atoms in total. The fourth-order valence-corrected chi connectivity index (χ4v) is 3.14. The first-order valence-corrected chi connectivity index (χ1v) is 7.81. The molecule has 1 unspecified atom stereocenters. The monoisotopic (exact) mass is 298 g/mol. The molecule has 1 heterocycles. The van der Waals surface area contributed by atoms with E-state index in [-0.39, 0.29) is 18.7 Å². The summed E-state index contributed by atoms with van der Waals surface area (Å²) in [4.78, 5) is 25.5. The van der Waals surface area contributed by atoms with Crippen molar-refractivity contribution in [3.05, 3.63) is 0 Å². The van der Waals surface area contributed by atoms with Crippen molar-refractivity contribution in [1.29, 1.82) is 0 Å². The molecule has 2 amide bonds. The number of morpholine rings is 1. The van der Waals surface area contributed by atoms with Crippen LogP contribution in [-0.4, -0.2) is 54.4 Å². The maximum Gasteiger partial charge on any atom is 0.317 e. The van der Waals surface area contributed by atoms with Crippen LogP contribution < -0.4 is 5.32 Å². The Morgan fingerprint density at radius 2 is 2.00 bits per heavy atom. The van der Waals surface area contributed by atoms with Crippen molar-refractivity contribution < 1.29 is 19.4 Å². The number of aliphatic carboxylic acids is 1. The summed E-state index contributed by atoms with van der Waals surface area (Å²) in [5, 5.41) is 12.4. The van der Waals surface area contributed by atoms with E-state index >= 15 is 0 Å². The van der Waals surface area contributed by atoms with Crippen molar-refractivity contribution in [2.75, 3.05) is 26.2 Å². The summed E-state index contributed by atoms with van der Waals surface area (Å²) < 4.78 is 5.41. The summed E-state index contributed by atoms with van der Waals surface area (Å²) in [5.74, 6) is -0.210. The molecule has 1 aliphatic carbocycles. The molecule has 1 saturated carbocycles. The molecule has 0 radical (unpaired) electrons. The number of ether oxygens (including phenoxy) is 1. The van der Waals surface area contributed by atoms with Crippen LogP contribution >= 0.6 is 0 Å². The van der Waals surface area contributed by atoms with Gasteiger partial charge >= 0.3 is 12.0 Å². The van der Waals surface area contributed by atoms with E-state index in [1.807, 2.05) is 6.92 Å². The summed E-state index contributed by atoms with van der Waals surface area (Å²) >= 11 is 0. The standard InChI is InChI=1S/C15H26N2O4/c1-11-3-5-15(6-4-11,13(18)19)10-16-14(20)17-7-8-21-12(2)9-17/h11-12H,3-10H2,1-2H3,(H,16,20)(H,18,19). The second-order valence-electron chi connectivity index (χ2n) is 6.55. The lowest BCUT2D eigenvalue weighted by Gasteiger charge is -2.37. The number of carboxylic acids is 1. The molecule has 6 heteroatoms. The number of nitrogens with zero attached hydrogens (tertiary/aromatic N) is 1. The van der Waals surface area contributed by atoms with E-state index in [0.29, 0.717) is 38.5 Å². The fraction of sp³-hybridized carbons (Fsp3) is 0.867. The average Bonchev–Trinajstić information content (AvgIpc) is 2.46. The lowest BCUT2D eigenvalue weighted by molar-refractivity contribution is -0.151. The first-order valence-electron chi connectivity index (χ1n) is 7.81. The molecule has 1 aliphatic heterocycles. The lowest BCUT2D eigenvalue weighted by Crippen LogP contribution is -2.52. The van der Waals surface area contributed by atoms with Crippen LogP contribution in [0, 0.1) is 11.3 Å². The van der Waals surface area contributed by atoms with E-state index in [0.717, 1.165) is 12.8 Å². The van der Waals surface area contributed by atoms with Crippen molar-refractivity contribution >= 4 is 12.0 Å². The van der Waals surface area contributed by atoms with Gasteiger partial charge in [-0.3, -0.25) is 4.79 Å². The molecule has 2 fully saturated rings. The van der Waals surface area contributed by atoms with Crippen LogP contribution in [0.15, 0.2) is 0 Å². The fourth-order valence-electron chi connectivity index (χ4n) is 3.14. The SMILES string of the molecule is CC1CCC(CNC(=O)N2CCOC(C)C2)(C(=O)O)CC1. The Hall–Kier alpha value is -1.30. The third-order valence-electron chi connectivity index (χ3n) is 4.79. The zero-order valence-corrected chi connectivity index (χ0v) is 12.9. The van der Waals surface area contributed by atoms with Gasteiger partial charge in [-0.2, -0.15) is 0 Å². The predicted octanol–water partition coefficient (Wildman–Crippen LogP) is 1.70. The number of carbonyl (C=O) groups excluding carboxylic acids is 1. The number of hydrogen-bond donors (Lipinski definition) is 2. The molecule has 0 aromatic carbocycles. The van der Waals surface area contributed by atoms with Gasteiger partial charge in [0.05, 0.1) is 18.1 Å². The second kappa shape index (κ2) is 6.64. The predicted molar refractivity (Wildman–Crippen MR) is 78.1 cm³/mol. The molecule has 0 aromatic heterocycles. The zero-order chi connectivity index (χ0) is 15.5. The molecule has 1 saturated heterocycles. The van der Waals surface area contributed by atoms with Crippen molar-refractivity contribution in [1.82, 2.24) is 10.2 Å². The van der Waals surface area contributed by atoms with Crippen molar-refractivity contribution in [2.24, 2.45) is 11.3 Å². The van der Waals surface area contributed by atoms with Crippen LogP contribution in [0.4, 0.5) is 4.79 Å². The average molecular weight is 298 g/mol. The maximum absolute atomic E-state index is 12.2. The van der Waals surface area contributed by atoms with E-state index in [2.05, 4.69) is 12.2 Å². The number of rotatable bonds is 3. The first kappa shape index (κ1) is 16.1. The minimum absolute atomic E-state index is 0.0356. The maximum atomic E-state index is 12.2. The molecular formula is C15H26N2O4. The third kappa shape index (κ3) is 3.87. The van der Waals surface area contributed by atoms with E-state index in [1.54, 1.807) is 4.90 Å². The van der Waals surface area contributed by atoms with Crippen LogP contribution in [0.1, 0.15) is 39.5 Å². The van der Waals surface area contributed by atoms with Gasteiger partial charge in [0.1, 0.15) is 0 Å². The molecule has 120 valence electrons. The van der Waals surface area contributed by atoms with Crippen molar-refractivity contribution in [3.8, 4) is 0 Å². The smallest absolute Gasteiger partial charge is 0.317 e. The molecule has 0 bridgehead atoms. The topological polar surface area (TPSA) is 78.9 Å². The Bertz CT molecular complexity index is 391. The minimum atomic E-state index is -0.792. The number of amides is 2. The number of nitrogens with one attached hydrogen (secondary N) is 1. The number of hydrogen-bond acceptors (Lipinski definition) is 3. The Morgan fingerprint density at radius 1 is 1.33 bits per heavy atom. The van der Waals surface area contributed by atoms with Crippen molar-refractivity contribution in [2.45, 2.75) is 45.6 Å². The molecule has 0 aromatic rings. The van der Waals surface area contributed by atoms with Gasteiger partial charge in [-0.1, -0.05) is 6.92 Å². The van der Waals surface area contributed by atoms with Gasteiger partial charge in [0, 0.05) is 19.6 Å². The van der Waals surface area contributed by atoms with Gasteiger partial charge in [-0.15, -0.1) is 0 Å². The Morgan fingerprint density at radius 3 is 2.57 bits per heavy atom. The van der Waals surface area contributed by atoms with Crippen LogP contribution in [0.2, 0.25) is 0 Å². The number of carbonyl (C=O) groups is 2. The van der Waals surface area contributed by atoms with Crippen LogP contribution in [0.5, 0.6) is 0 Å². The highest BCUT2D eigenvalue weighted by Crippen LogP contribution is 2.38. The van der Waals surface area contributed by atoms with Crippen LogP contribution in [0.25, 0.3) is 0 Å². The molecule has 21 heavy (non-hydrogen) atoms. The lowest BCUT2D eigenvalue weighted by atomic mass is 9.71. The summed E-state index contributed by atoms with van der Waals surface area (Å²) in [6.07, 6.45) is 3.15. The van der Waals surface area contributed by atoms with Crippen molar-refractivity contribution in [3.63, 3.8) is 0 Å². The van der Waals surface area contributed by atoms with Gasteiger partial charge in [0.2, 0.25) is 0 Å². The normalized spacial score (nSPS) is 33.5. The highest BCUT2D eigenvalue weighted by Gasteiger charge is 2.41. The zero-order valence-electron chi connectivity index (χ0n) is 12.9. The van der Waals surface area contributed by atoms with Crippen LogP contribution in [-0.2, 0) is 9.53 Å². The molecule has 1 atom stereocenters. The Balaban J connectivity index is 1.90. The molecule has 2 aliphatic rings. The highest BCUT2D eigenvalue weighted by atomic mass is 16.5. The summed E-state index contributed by atoms with van der Waals surface area (Å²) in [6.45, 7) is 5.96. The molecule has 2 N–H and O–H groups in total. The largest absolute Gasteiger partial charge is 0.481 e. The van der Waals surface area contributed by atoms with Gasteiger partial charge in [-0.05, 0) is 38.5 Å². The van der Waals surface area contributed by atoms with E-state index in [9.17, 15) is 14.7 Å². The summed E-state index contributed by atoms with van der Waals surface area (Å²) in [7, 11) is 0. The third-order valence-corrected chi connectivity index (χ3v) is 4.79. The van der Waals surface area contributed by atoms with Crippen LogP contribution in [0.3, 0.4) is 0 Å². The first-order chi connectivity index (χ1) is 9.93. The van der Waals surface area contributed by atoms with E-state index in [4.69, 9.17) is 4.74 Å². The highest BCUT2D eigenvalue weighted by molar-refractivity contribution is 5.78. The summed E-state index contributed by atoms with van der Waals surface area (Å²) in [5.41, 5.74) is -0.792. The van der Waals surface area contributed by atoms with E-state index in [1.165, 1.54) is 0 Å². The molecule has 2 rings (SSSR count). The van der Waals surface area contributed by atoms with Gasteiger partial charge in [-0.25, -0.2) is 4.79 Å². The molecular weight excluding hydrogens is 272 g/mol. The van der Waals surface area contributed by atoms with Gasteiger partial charge in [0.15, 0.2) is 0 Å². The summed E-state index contributed by atoms with van der Waals surface area (Å²) in [6, 6.07) is -0.176. The molecule has 0 spiro atoms. The van der Waals surface area contributed by atoms with Gasteiger partial charge < -0.3 is 20.1 Å². The minimum Gasteiger partial charge on any atom is -0.481 e. The number of urea groups is 1. The number of carboxylic acid groups (broad SMARTS) is 1. The van der Waals surface area contributed by atoms with Gasteiger partial charge in [0.25, 0.3) is 0 Å². The van der Waals surface area contributed by atoms with E-state index < -0.39 is 11.4 Å². The quantitative estimate of drug-likeness (QED) is 0.831. The Kier molecular flexibility index (Phi) is 5.08. The second-order valence-corrected chi connectivity index (χ2v) is 6.55.